The fraction of sp³-hybridized carbons (Fsp3) is 0.286. The van der Waals surface area contributed by atoms with Gasteiger partial charge in [-0.2, -0.15) is 10.2 Å². The molecule has 2 aromatic heterocycles. The van der Waals surface area contributed by atoms with Gasteiger partial charge in [-0.05, 0) is 6.07 Å². The largest absolute Gasteiger partial charge is 0.276 e. The average Bonchev–Trinajstić information content (AvgIpc) is 2.71. The van der Waals surface area contributed by atoms with E-state index in [2.05, 4.69) is 20.3 Å². The smallest absolute Gasteiger partial charge is 0.183 e. The lowest BCUT2D eigenvalue weighted by atomic mass is 10.5. The quantitative estimate of drug-likeness (QED) is 0.737. The van der Waals surface area contributed by atoms with E-state index in [9.17, 15) is 0 Å². The summed E-state index contributed by atoms with van der Waals surface area (Å²) >= 11 is 1.59. The van der Waals surface area contributed by atoms with Gasteiger partial charge in [0.1, 0.15) is 6.33 Å². The lowest BCUT2D eigenvalue weighted by Gasteiger charge is -1.92. The van der Waals surface area contributed by atoms with Crippen LogP contribution in [0.15, 0.2) is 23.7 Å². The van der Waals surface area contributed by atoms with Crippen LogP contribution in [0, 0.1) is 0 Å². The second-order valence-electron chi connectivity index (χ2n) is 2.56. The second-order valence-corrected chi connectivity index (χ2v) is 3.52. The number of H-pyrrole nitrogens is 1. The van der Waals surface area contributed by atoms with Gasteiger partial charge in [0.25, 0.3) is 0 Å². The van der Waals surface area contributed by atoms with Gasteiger partial charge in [-0.15, -0.1) is 0 Å². The Morgan fingerprint density at radius 1 is 1.62 bits per heavy atom. The van der Waals surface area contributed by atoms with Crippen molar-refractivity contribution in [3.8, 4) is 0 Å². The first-order valence-electron chi connectivity index (χ1n) is 3.81. The first kappa shape index (κ1) is 8.31. The van der Waals surface area contributed by atoms with Crippen LogP contribution in [-0.2, 0) is 12.8 Å². The number of hydrogen-bond donors (Lipinski definition) is 1. The van der Waals surface area contributed by atoms with Crippen LogP contribution in [-0.4, -0.2) is 25.0 Å². The molecule has 2 rings (SSSR count). The van der Waals surface area contributed by atoms with Crippen LogP contribution in [0.25, 0.3) is 0 Å². The fourth-order valence-electron chi connectivity index (χ4n) is 0.946. The van der Waals surface area contributed by atoms with E-state index in [1.54, 1.807) is 16.4 Å². The van der Waals surface area contributed by atoms with Gasteiger partial charge in [0.2, 0.25) is 0 Å². The maximum absolute atomic E-state index is 4.24. The molecule has 13 heavy (non-hydrogen) atoms. The van der Waals surface area contributed by atoms with Crippen molar-refractivity contribution in [3.63, 3.8) is 0 Å². The molecule has 5 nitrogen and oxygen atoms in total. The maximum Gasteiger partial charge on any atom is 0.183 e. The summed E-state index contributed by atoms with van der Waals surface area (Å²) in [6, 6.07) is 1.99. The van der Waals surface area contributed by atoms with Gasteiger partial charge in [-0.1, -0.05) is 11.8 Å². The van der Waals surface area contributed by atoms with E-state index in [-0.39, 0.29) is 0 Å². The van der Waals surface area contributed by atoms with E-state index < -0.39 is 0 Å². The molecular formula is C7H9N5S. The summed E-state index contributed by atoms with van der Waals surface area (Å²) < 4.78 is 1.79. The van der Waals surface area contributed by atoms with Gasteiger partial charge in [0.05, 0.1) is 5.69 Å². The van der Waals surface area contributed by atoms with Gasteiger partial charge in [-0.3, -0.25) is 9.78 Å². The van der Waals surface area contributed by atoms with Gasteiger partial charge >= 0.3 is 0 Å². The highest BCUT2D eigenvalue weighted by molar-refractivity contribution is 7.98. The minimum absolute atomic E-state index is 0.816. The summed E-state index contributed by atoms with van der Waals surface area (Å²) in [5, 5.41) is 11.6. The van der Waals surface area contributed by atoms with Crippen molar-refractivity contribution in [2.24, 2.45) is 7.05 Å². The van der Waals surface area contributed by atoms with Crippen molar-refractivity contribution in [3.05, 3.63) is 24.3 Å². The summed E-state index contributed by atoms with van der Waals surface area (Å²) in [6.07, 6.45) is 3.43. The zero-order valence-corrected chi connectivity index (χ0v) is 7.95. The standard InChI is InChI=1S/C7H9N5S/c1-12-3-2-6(11-12)4-13-7-8-5-9-10-7/h2-3,5H,4H2,1H3,(H,8,9,10). The molecule has 0 unspecified atom stereocenters. The molecule has 0 amide bonds. The lowest BCUT2D eigenvalue weighted by molar-refractivity contribution is 0.754. The van der Waals surface area contributed by atoms with Crippen LogP contribution in [0.2, 0.25) is 0 Å². The first-order valence-corrected chi connectivity index (χ1v) is 4.80. The number of nitrogens with zero attached hydrogens (tertiary/aromatic N) is 4. The summed E-state index contributed by atoms with van der Waals surface area (Å²) in [5.74, 6) is 0.816. The minimum Gasteiger partial charge on any atom is -0.276 e. The molecule has 0 saturated carbocycles. The van der Waals surface area contributed by atoms with Crippen molar-refractivity contribution < 1.29 is 0 Å². The summed E-state index contributed by atoms with van der Waals surface area (Å²) in [5.41, 5.74) is 1.05. The zero-order chi connectivity index (χ0) is 9.10. The van der Waals surface area contributed by atoms with Crippen molar-refractivity contribution >= 4 is 11.8 Å². The number of nitrogens with one attached hydrogen (secondary N) is 1. The monoisotopic (exact) mass is 195 g/mol. The maximum atomic E-state index is 4.24. The number of rotatable bonds is 3. The Labute approximate surface area is 79.6 Å². The minimum atomic E-state index is 0.816. The predicted octanol–water partition coefficient (Wildman–Crippen LogP) is 0.830. The Hall–Kier alpha value is -1.30. The Balaban J connectivity index is 1.93. The normalized spacial score (nSPS) is 10.5. The first-order chi connectivity index (χ1) is 6.34. The Morgan fingerprint density at radius 3 is 3.15 bits per heavy atom. The van der Waals surface area contributed by atoms with E-state index >= 15 is 0 Å². The molecule has 2 aromatic rings. The third kappa shape index (κ3) is 2.09. The van der Waals surface area contributed by atoms with Gasteiger partial charge in [0.15, 0.2) is 5.16 Å². The molecule has 6 heteroatoms. The predicted molar refractivity (Wildman–Crippen MR) is 49.2 cm³/mol. The summed E-state index contributed by atoms with van der Waals surface area (Å²) in [4.78, 5) is 4.00. The number of aromatic nitrogens is 5. The van der Waals surface area contributed by atoms with E-state index in [0.29, 0.717) is 0 Å². The highest BCUT2D eigenvalue weighted by atomic mass is 32.2. The summed E-state index contributed by atoms with van der Waals surface area (Å²) in [6.45, 7) is 0. The van der Waals surface area contributed by atoms with Crippen LogP contribution in [0.3, 0.4) is 0 Å². The van der Waals surface area contributed by atoms with Crippen molar-refractivity contribution in [2.45, 2.75) is 10.9 Å². The Kier molecular flexibility index (Phi) is 2.31. The number of thioether (sulfide) groups is 1. The molecule has 0 atom stereocenters. The molecule has 0 saturated heterocycles. The van der Waals surface area contributed by atoms with Crippen LogP contribution >= 0.6 is 11.8 Å². The van der Waals surface area contributed by atoms with E-state index in [4.69, 9.17) is 0 Å². The van der Waals surface area contributed by atoms with Crippen molar-refractivity contribution in [2.75, 3.05) is 0 Å². The van der Waals surface area contributed by atoms with Crippen LogP contribution < -0.4 is 0 Å². The lowest BCUT2D eigenvalue weighted by Crippen LogP contribution is -1.89. The van der Waals surface area contributed by atoms with Crippen LogP contribution in [0.4, 0.5) is 0 Å². The Morgan fingerprint density at radius 2 is 2.54 bits per heavy atom. The molecule has 0 aliphatic carbocycles. The van der Waals surface area contributed by atoms with Crippen molar-refractivity contribution in [1.29, 1.82) is 0 Å². The van der Waals surface area contributed by atoms with Crippen LogP contribution in [0.1, 0.15) is 5.69 Å². The molecule has 0 spiro atoms. The SMILES string of the molecule is Cn1ccc(CSc2ncn[nH]2)n1. The summed E-state index contributed by atoms with van der Waals surface area (Å²) in [7, 11) is 1.91. The third-order valence-corrected chi connectivity index (χ3v) is 2.43. The molecule has 0 aliphatic rings. The number of aryl methyl sites for hydroxylation is 1. The van der Waals surface area contributed by atoms with Crippen LogP contribution in [0.5, 0.6) is 0 Å². The Bertz CT molecular complexity index is 366. The number of aromatic amines is 1. The fourth-order valence-corrected chi connectivity index (χ4v) is 1.62. The molecule has 2 heterocycles. The van der Waals surface area contributed by atoms with E-state index in [1.807, 2.05) is 19.3 Å². The topological polar surface area (TPSA) is 59.4 Å². The third-order valence-electron chi connectivity index (χ3n) is 1.52. The number of hydrogen-bond acceptors (Lipinski definition) is 4. The second kappa shape index (κ2) is 3.61. The van der Waals surface area contributed by atoms with Gasteiger partial charge in [-0.25, -0.2) is 4.98 Å². The molecule has 0 aliphatic heterocycles. The molecule has 68 valence electrons. The van der Waals surface area contributed by atoms with E-state index in [0.717, 1.165) is 16.6 Å². The molecular weight excluding hydrogens is 186 g/mol. The van der Waals surface area contributed by atoms with Gasteiger partial charge in [0, 0.05) is 19.0 Å². The molecule has 0 bridgehead atoms. The highest BCUT2D eigenvalue weighted by Gasteiger charge is 2.00. The highest BCUT2D eigenvalue weighted by Crippen LogP contribution is 2.16. The van der Waals surface area contributed by atoms with Crippen molar-refractivity contribution in [1.82, 2.24) is 25.0 Å². The zero-order valence-electron chi connectivity index (χ0n) is 7.14. The molecule has 0 fully saturated rings. The molecule has 1 N–H and O–H groups in total. The molecule has 0 aromatic carbocycles. The average molecular weight is 195 g/mol. The van der Waals surface area contributed by atoms with Gasteiger partial charge < -0.3 is 0 Å². The van der Waals surface area contributed by atoms with E-state index in [1.165, 1.54) is 6.33 Å². The molecule has 0 radical (unpaired) electrons.